The zero-order chi connectivity index (χ0) is 30.7. The van der Waals surface area contributed by atoms with Crippen molar-refractivity contribution in [3.63, 3.8) is 0 Å². The van der Waals surface area contributed by atoms with E-state index in [0.717, 1.165) is 11.1 Å². The molecule has 0 saturated heterocycles. The number of carbonyl (C=O) groups excluding carboxylic acids is 2. The average molecular weight is 603 g/mol. The number of nitrogens with zero attached hydrogens (tertiary/aromatic N) is 1. The second-order valence-corrected chi connectivity index (χ2v) is 10.9. The Kier molecular flexibility index (Phi) is 8.82. The predicted molar refractivity (Wildman–Crippen MR) is 161 cm³/mol. The Balaban J connectivity index is 1.52. The number of allylic oxidation sites excluding steroid dienone is 3. The van der Waals surface area contributed by atoms with Gasteiger partial charge in [-0.3, -0.25) is 14.9 Å². The van der Waals surface area contributed by atoms with Crippen molar-refractivity contribution in [2.45, 2.75) is 38.0 Å². The van der Waals surface area contributed by atoms with Crippen molar-refractivity contribution in [3.8, 4) is 11.5 Å². The third-order valence-electron chi connectivity index (χ3n) is 7.89. The van der Waals surface area contributed by atoms with Crippen LogP contribution in [-0.2, 0) is 20.7 Å². The number of rotatable bonds is 9. The van der Waals surface area contributed by atoms with E-state index in [4.69, 9.17) is 25.8 Å². The lowest BCUT2D eigenvalue weighted by atomic mass is 9.71. The Hall–Kier alpha value is -4.63. The van der Waals surface area contributed by atoms with Crippen molar-refractivity contribution in [1.82, 2.24) is 5.32 Å². The maximum absolute atomic E-state index is 13.9. The van der Waals surface area contributed by atoms with Gasteiger partial charge in [-0.05, 0) is 54.2 Å². The van der Waals surface area contributed by atoms with E-state index >= 15 is 0 Å². The fourth-order valence-electron chi connectivity index (χ4n) is 5.82. The standard InChI is InChI=1S/C33H31ClN2O7/c1-19-30(33(38)43-14-13-20-7-5-4-6-8-20)31(22-9-11-24(34)26(16-22)36(39)40)32-25(35-19)15-23(17-27(32)37)21-10-12-28(41-2)29(18-21)42-3/h4-12,16,18,23,31,35H,13-15,17H2,1-3H3/t23-,31-/m1/s1. The molecular formula is C33H31ClN2O7. The maximum atomic E-state index is 13.9. The number of nitrogens with one attached hydrogen (secondary N) is 1. The number of nitro groups is 1. The highest BCUT2D eigenvalue weighted by atomic mass is 35.5. The van der Waals surface area contributed by atoms with Crippen LogP contribution in [0.5, 0.6) is 11.5 Å². The third kappa shape index (κ3) is 6.12. The summed E-state index contributed by atoms with van der Waals surface area (Å²) in [6.45, 7) is 1.88. The Morgan fingerprint density at radius 2 is 1.72 bits per heavy atom. The zero-order valence-electron chi connectivity index (χ0n) is 24.0. The van der Waals surface area contributed by atoms with Crippen molar-refractivity contribution in [2.24, 2.45) is 0 Å². The molecule has 0 spiro atoms. The average Bonchev–Trinajstić information content (AvgIpc) is 3.00. The van der Waals surface area contributed by atoms with Gasteiger partial charge in [0.05, 0.1) is 31.3 Å². The minimum absolute atomic E-state index is 0.0342. The first-order valence-corrected chi connectivity index (χ1v) is 14.2. The van der Waals surface area contributed by atoms with Crippen molar-refractivity contribution < 1.29 is 28.7 Å². The second kappa shape index (κ2) is 12.7. The molecule has 2 aliphatic rings. The highest BCUT2D eigenvalue weighted by Gasteiger charge is 2.42. The molecule has 0 bridgehead atoms. The van der Waals surface area contributed by atoms with Gasteiger partial charge >= 0.3 is 5.97 Å². The van der Waals surface area contributed by atoms with Gasteiger partial charge in [-0.15, -0.1) is 0 Å². The van der Waals surface area contributed by atoms with Crippen LogP contribution in [0.2, 0.25) is 5.02 Å². The van der Waals surface area contributed by atoms with E-state index in [1.165, 1.54) is 12.1 Å². The second-order valence-electron chi connectivity index (χ2n) is 10.5. The van der Waals surface area contributed by atoms with E-state index in [1.807, 2.05) is 42.5 Å². The number of methoxy groups -OCH3 is 2. The monoisotopic (exact) mass is 602 g/mol. The van der Waals surface area contributed by atoms with Crippen LogP contribution in [0.15, 0.2) is 89.3 Å². The number of Topliss-reactive ketones (excluding diaryl/α,β-unsaturated/α-hetero) is 1. The highest BCUT2D eigenvalue weighted by molar-refractivity contribution is 6.32. The van der Waals surface area contributed by atoms with E-state index in [1.54, 1.807) is 33.3 Å². The van der Waals surface area contributed by atoms with Crippen LogP contribution >= 0.6 is 11.6 Å². The first-order valence-electron chi connectivity index (χ1n) is 13.8. The number of dihydropyridines is 1. The van der Waals surface area contributed by atoms with Gasteiger partial charge in [0, 0.05) is 41.8 Å². The highest BCUT2D eigenvalue weighted by Crippen LogP contribution is 2.47. The maximum Gasteiger partial charge on any atom is 0.336 e. The molecule has 1 aliphatic heterocycles. The van der Waals surface area contributed by atoms with Crippen LogP contribution in [0.1, 0.15) is 48.3 Å². The summed E-state index contributed by atoms with van der Waals surface area (Å²) in [5.41, 5.74) is 3.85. The van der Waals surface area contributed by atoms with Gasteiger partial charge in [-0.1, -0.05) is 54.1 Å². The number of hydrogen-bond donors (Lipinski definition) is 1. The molecule has 5 rings (SSSR count). The molecule has 10 heteroatoms. The van der Waals surface area contributed by atoms with Crippen LogP contribution in [0, 0.1) is 10.1 Å². The van der Waals surface area contributed by atoms with Crippen molar-refractivity contribution in [3.05, 3.63) is 121 Å². The van der Waals surface area contributed by atoms with Crippen LogP contribution in [0.4, 0.5) is 5.69 Å². The predicted octanol–water partition coefficient (Wildman–Crippen LogP) is 6.41. The molecule has 9 nitrogen and oxygen atoms in total. The number of nitro benzene ring substituents is 1. The minimum Gasteiger partial charge on any atom is -0.493 e. The Bertz CT molecular complexity index is 1650. The van der Waals surface area contributed by atoms with Gasteiger partial charge < -0.3 is 19.5 Å². The van der Waals surface area contributed by atoms with Crippen molar-refractivity contribution in [2.75, 3.05) is 20.8 Å². The summed E-state index contributed by atoms with van der Waals surface area (Å²) in [5.74, 6) is -0.640. The first kappa shape index (κ1) is 29.8. The number of esters is 1. The SMILES string of the molecule is COc1ccc([C@H]2CC(=O)C3=C(C2)NC(C)=C(C(=O)OCCc2ccccc2)[C@H]3c2ccc(Cl)c([N+](=O)[O-])c2)cc1OC. The number of benzene rings is 3. The normalized spacial score (nSPS) is 18.1. The first-order chi connectivity index (χ1) is 20.7. The van der Waals surface area contributed by atoms with E-state index in [-0.39, 0.29) is 41.0 Å². The summed E-state index contributed by atoms with van der Waals surface area (Å²) in [7, 11) is 3.12. The van der Waals surface area contributed by atoms with Crippen LogP contribution < -0.4 is 14.8 Å². The molecule has 0 radical (unpaired) electrons. The molecular weight excluding hydrogens is 572 g/mol. The largest absolute Gasteiger partial charge is 0.493 e. The van der Waals surface area contributed by atoms with E-state index in [2.05, 4.69) is 5.32 Å². The van der Waals surface area contributed by atoms with Crippen LogP contribution in [0.3, 0.4) is 0 Å². The van der Waals surface area contributed by atoms with E-state index in [0.29, 0.717) is 46.9 Å². The van der Waals surface area contributed by atoms with E-state index in [9.17, 15) is 19.7 Å². The minimum atomic E-state index is -0.865. The van der Waals surface area contributed by atoms with Crippen LogP contribution in [0.25, 0.3) is 0 Å². The molecule has 1 heterocycles. The molecule has 3 aromatic carbocycles. The van der Waals surface area contributed by atoms with Gasteiger partial charge in [0.25, 0.3) is 5.69 Å². The molecule has 0 unspecified atom stereocenters. The molecule has 0 saturated carbocycles. The fraction of sp³-hybridized carbons (Fsp3) is 0.273. The van der Waals surface area contributed by atoms with Crippen molar-refractivity contribution >= 4 is 29.0 Å². The molecule has 1 N–H and O–H groups in total. The van der Waals surface area contributed by atoms with Gasteiger partial charge in [-0.2, -0.15) is 0 Å². The molecule has 0 aromatic heterocycles. The summed E-state index contributed by atoms with van der Waals surface area (Å²) >= 11 is 6.13. The Morgan fingerprint density at radius 1 is 1.00 bits per heavy atom. The molecule has 0 amide bonds. The Morgan fingerprint density at radius 3 is 2.42 bits per heavy atom. The fourth-order valence-corrected chi connectivity index (χ4v) is 6.01. The van der Waals surface area contributed by atoms with E-state index < -0.39 is 16.8 Å². The smallest absolute Gasteiger partial charge is 0.336 e. The summed E-state index contributed by atoms with van der Waals surface area (Å²) in [4.78, 5) is 38.8. The summed E-state index contributed by atoms with van der Waals surface area (Å²) < 4.78 is 16.5. The molecule has 222 valence electrons. The van der Waals surface area contributed by atoms with Gasteiger partial charge in [0.2, 0.25) is 0 Å². The Labute approximate surface area is 254 Å². The summed E-state index contributed by atoms with van der Waals surface area (Å²) in [5, 5.41) is 15.0. The lowest BCUT2D eigenvalue weighted by Crippen LogP contribution is -2.36. The molecule has 43 heavy (non-hydrogen) atoms. The lowest BCUT2D eigenvalue weighted by molar-refractivity contribution is -0.384. The topological polar surface area (TPSA) is 117 Å². The number of carbonyl (C=O) groups is 2. The van der Waals surface area contributed by atoms with Crippen molar-refractivity contribution in [1.29, 1.82) is 0 Å². The van der Waals surface area contributed by atoms with Crippen LogP contribution in [-0.4, -0.2) is 37.5 Å². The third-order valence-corrected chi connectivity index (χ3v) is 8.21. The molecule has 3 aromatic rings. The molecule has 2 atom stereocenters. The summed E-state index contributed by atoms with van der Waals surface area (Å²) in [6, 6.07) is 19.6. The van der Waals surface area contributed by atoms with Gasteiger partial charge in [0.15, 0.2) is 17.3 Å². The lowest BCUT2D eigenvalue weighted by Gasteiger charge is -2.36. The quantitative estimate of drug-likeness (QED) is 0.170. The number of ketones is 1. The zero-order valence-corrected chi connectivity index (χ0v) is 24.8. The number of ether oxygens (including phenoxy) is 3. The van der Waals surface area contributed by atoms with Gasteiger partial charge in [-0.25, -0.2) is 4.79 Å². The number of hydrogen-bond acceptors (Lipinski definition) is 8. The van der Waals surface area contributed by atoms with Gasteiger partial charge in [0.1, 0.15) is 5.02 Å². The molecule has 1 aliphatic carbocycles. The molecule has 0 fully saturated rings. The summed E-state index contributed by atoms with van der Waals surface area (Å²) in [6.07, 6.45) is 1.18. The number of halogens is 1.